The van der Waals surface area contributed by atoms with Gasteiger partial charge in [0, 0.05) is 5.56 Å². The number of nitrogens with one attached hydrogen (secondary N) is 1. The Morgan fingerprint density at radius 2 is 2.11 bits per heavy atom. The molecular weight excluding hydrogens is 252 g/mol. The Hall–Kier alpha value is -2.81. The van der Waals surface area contributed by atoms with E-state index in [1.807, 2.05) is 18.2 Å². The molecule has 2 aromatic rings. The molecule has 96 valence electrons. The SMILES string of the molecule is O=[N+]([O-])C1=NNc2nc(-c3ccccc3)nn2[C@@H]1O. The number of fused-ring (bicyclic) bond motifs is 1. The van der Waals surface area contributed by atoms with Crippen molar-refractivity contribution in [2.45, 2.75) is 6.23 Å². The van der Waals surface area contributed by atoms with Gasteiger partial charge in [-0.05, 0) is 4.92 Å². The second-order valence-corrected chi connectivity index (χ2v) is 3.78. The van der Waals surface area contributed by atoms with Crippen LogP contribution in [0, 0.1) is 10.1 Å². The second kappa shape index (κ2) is 4.14. The number of aliphatic hydroxyl groups is 1. The molecular formula is C10H8N6O3. The minimum absolute atomic E-state index is 0.150. The molecule has 19 heavy (non-hydrogen) atoms. The van der Waals surface area contributed by atoms with Gasteiger partial charge in [0.05, 0.1) is 5.10 Å². The van der Waals surface area contributed by atoms with E-state index in [2.05, 4.69) is 20.6 Å². The van der Waals surface area contributed by atoms with E-state index in [4.69, 9.17) is 0 Å². The lowest BCUT2D eigenvalue weighted by Crippen LogP contribution is -2.32. The molecule has 0 spiro atoms. The van der Waals surface area contributed by atoms with Crippen LogP contribution in [0.4, 0.5) is 5.95 Å². The molecule has 1 aliphatic heterocycles. The molecule has 0 saturated carbocycles. The predicted octanol–water partition coefficient (Wildman–Crippen LogP) is 0.452. The number of hydrogen-bond donors (Lipinski definition) is 2. The van der Waals surface area contributed by atoms with Gasteiger partial charge in [0.15, 0.2) is 5.82 Å². The first-order valence-corrected chi connectivity index (χ1v) is 5.35. The summed E-state index contributed by atoms with van der Waals surface area (Å²) in [5, 5.41) is 28.0. The number of hydrogen-bond acceptors (Lipinski definition) is 7. The van der Waals surface area contributed by atoms with Gasteiger partial charge in [0.2, 0.25) is 0 Å². The van der Waals surface area contributed by atoms with Crippen molar-refractivity contribution < 1.29 is 10.0 Å². The molecule has 1 aromatic heterocycles. The van der Waals surface area contributed by atoms with E-state index in [1.54, 1.807) is 12.1 Å². The predicted molar refractivity (Wildman–Crippen MR) is 64.8 cm³/mol. The van der Waals surface area contributed by atoms with Gasteiger partial charge < -0.3 is 15.2 Å². The van der Waals surface area contributed by atoms with Gasteiger partial charge in [-0.15, -0.1) is 10.5 Å². The van der Waals surface area contributed by atoms with E-state index in [0.717, 1.165) is 10.2 Å². The minimum atomic E-state index is -1.56. The van der Waals surface area contributed by atoms with Gasteiger partial charge >= 0.3 is 5.84 Å². The van der Waals surface area contributed by atoms with E-state index < -0.39 is 17.0 Å². The monoisotopic (exact) mass is 260 g/mol. The molecule has 0 radical (unpaired) electrons. The van der Waals surface area contributed by atoms with Crippen LogP contribution >= 0.6 is 0 Å². The third-order valence-corrected chi connectivity index (χ3v) is 2.58. The zero-order valence-electron chi connectivity index (χ0n) is 9.46. The Morgan fingerprint density at radius 1 is 1.37 bits per heavy atom. The molecule has 9 heteroatoms. The number of benzene rings is 1. The van der Waals surface area contributed by atoms with Crippen LogP contribution in [0.3, 0.4) is 0 Å². The zero-order chi connectivity index (χ0) is 13.4. The molecule has 9 nitrogen and oxygen atoms in total. The number of aromatic nitrogens is 3. The number of nitrogens with zero attached hydrogens (tertiary/aromatic N) is 5. The normalized spacial score (nSPS) is 17.3. The Balaban J connectivity index is 2.01. The summed E-state index contributed by atoms with van der Waals surface area (Å²) in [5.41, 5.74) is 3.13. The standard InChI is InChI=1S/C10H8N6O3/c17-9-8(16(18)19)12-13-10-11-7(14-15(9)10)6-4-2-1-3-5-6/h1-5,9,17H,(H,11,13,14)/t9-/m1/s1. The highest BCUT2D eigenvalue weighted by molar-refractivity contribution is 5.79. The third-order valence-electron chi connectivity index (χ3n) is 2.58. The third kappa shape index (κ3) is 1.81. The Labute approximate surface area is 106 Å². The van der Waals surface area contributed by atoms with Crippen molar-refractivity contribution in [3.63, 3.8) is 0 Å². The highest BCUT2D eigenvalue weighted by atomic mass is 16.6. The molecule has 0 amide bonds. The van der Waals surface area contributed by atoms with E-state index in [9.17, 15) is 15.2 Å². The van der Waals surface area contributed by atoms with Crippen LogP contribution in [0.1, 0.15) is 6.23 Å². The van der Waals surface area contributed by atoms with Gasteiger partial charge in [-0.1, -0.05) is 30.3 Å². The van der Waals surface area contributed by atoms with Crippen molar-refractivity contribution in [2.24, 2.45) is 5.10 Å². The van der Waals surface area contributed by atoms with Gasteiger partial charge in [-0.3, -0.25) is 0 Å². The molecule has 0 unspecified atom stereocenters. The summed E-state index contributed by atoms with van der Waals surface area (Å²) in [6, 6.07) is 9.07. The molecule has 2 N–H and O–H groups in total. The van der Waals surface area contributed by atoms with E-state index in [-0.39, 0.29) is 5.95 Å². The first kappa shape index (κ1) is 11.3. The minimum Gasteiger partial charge on any atom is -0.362 e. The first-order chi connectivity index (χ1) is 9.16. The fourth-order valence-electron chi connectivity index (χ4n) is 1.69. The maximum Gasteiger partial charge on any atom is 0.415 e. The fourth-order valence-corrected chi connectivity index (χ4v) is 1.69. The first-order valence-electron chi connectivity index (χ1n) is 5.35. The van der Waals surface area contributed by atoms with Crippen LogP contribution in [0.15, 0.2) is 35.4 Å². The second-order valence-electron chi connectivity index (χ2n) is 3.78. The number of anilines is 1. The van der Waals surface area contributed by atoms with Crippen LogP contribution in [-0.4, -0.2) is 30.6 Å². The van der Waals surface area contributed by atoms with Crippen molar-refractivity contribution in [1.29, 1.82) is 0 Å². The molecule has 1 aliphatic rings. The molecule has 3 rings (SSSR count). The van der Waals surface area contributed by atoms with E-state index in [1.165, 1.54) is 0 Å². The molecule has 0 bridgehead atoms. The van der Waals surface area contributed by atoms with E-state index >= 15 is 0 Å². The van der Waals surface area contributed by atoms with Crippen molar-refractivity contribution in [3.8, 4) is 11.4 Å². The highest BCUT2D eigenvalue weighted by Crippen LogP contribution is 2.23. The molecule has 1 atom stereocenters. The smallest absolute Gasteiger partial charge is 0.362 e. The Kier molecular flexibility index (Phi) is 2.46. The number of rotatable bonds is 1. The molecule has 1 aromatic carbocycles. The van der Waals surface area contributed by atoms with Crippen LogP contribution in [0.25, 0.3) is 11.4 Å². The van der Waals surface area contributed by atoms with Gasteiger partial charge in [0.25, 0.3) is 12.2 Å². The van der Waals surface area contributed by atoms with Crippen molar-refractivity contribution in [2.75, 3.05) is 5.43 Å². The largest absolute Gasteiger partial charge is 0.415 e. The fraction of sp³-hybridized carbons (Fsp3) is 0.100. The van der Waals surface area contributed by atoms with Crippen molar-refractivity contribution >= 4 is 11.8 Å². The molecule has 2 heterocycles. The van der Waals surface area contributed by atoms with E-state index in [0.29, 0.717) is 5.82 Å². The highest BCUT2D eigenvalue weighted by Gasteiger charge is 2.35. The average Bonchev–Trinajstić information content (AvgIpc) is 2.85. The maximum atomic E-state index is 10.7. The molecule has 0 aliphatic carbocycles. The van der Waals surface area contributed by atoms with Crippen LogP contribution in [0.5, 0.6) is 0 Å². The summed E-state index contributed by atoms with van der Waals surface area (Å²) in [5.74, 6) is -0.129. The topological polar surface area (TPSA) is 118 Å². The van der Waals surface area contributed by atoms with Gasteiger partial charge in [-0.25, -0.2) is 0 Å². The zero-order valence-corrected chi connectivity index (χ0v) is 9.46. The lowest BCUT2D eigenvalue weighted by Gasteiger charge is -2.12. The molecule has 0 fully saturated rings. The quantitative estimate of drug-likeness (QED) is 0.567. The van der Waals surface area contributed by atoms with Crippen LogP contribution in [0.2, 0.25) is 0 Å². The summed E-state index contributed by atoms with van der Waals surface area (Å²) in [4.78, 5) is 14.0. The van der Waals surface area contributed by atoms with Crippen molar-refractivity contribution in [1.82, 2.24) is 14.8 Å². The molecule has 0 saturated heterocycles. The lowest BCUT2D eigenvalue weighted by molar-refractivity contribution is -0.362. The van der Waals surface area contributed by atoms with Gasteiger partial charge in [-0.2, -0.15) is 9.67 Å². The number of aliphatic hydroxyl groups excluding tert-OH is 1. The van der Waals surface area contributed by atoms with Crippen molar-refractivity contribution in [3.05, 3.63) is 40.4 Å². The number of nitro groups is 1. The average molecular weight is 260 g/mol. The van der Waals surface area contributed by atoms with Gasteiger partial charge in [0.1, 0.15) is 0 Å². The number of hydrazone groups is 1. The number of amidine groups is 1. The summed E-state index contributed by atoms with van der Waals surface area (Å²) < 4.78 is 1.02. The Morgan fingerprint density at radius 3 is 2.79 bits per heavy atom. The summed E-state index contributed by atoms with van der Waals surface area (Å²) >= 11 is 0. The van der Waals surface area contributed by atoms with Crippen LogP contribution in [-0.2, 0) is 0 Å². The lowest BCUT2D eigenvalue weighted by atomic mass is 10.2. The van der Waals surface area contributed by atoms with Crippen LogP contribution < -0.4 is 5.43 Å². The Bertz CT molecular complexity index is 665. The maximum absolute atomic E-state index is 10.7. The summed E-state index contributed by atoms with van der Waals surface area (Å²) in [6.07, 6.45) is -1.56. The summed E-state index contributed by atoms with van der Waals surface area (Å²) in [7, 11) is 0. The summed E-state index contributed by atoms with van der Waals surface area (Å²) in [6.45, 7) is 0.